The third-order valence-electron chi connectivity index (χ3n) is 4.93. The van der Waals surface area contributed by atoms with E-state index >= 15 is 0 Å². The Morgan fingerprint density at radius 1 is 1.25 bits per heavy atom. The molecule has 1 saturated heterocycles. The van der Waals surface area contributed by atoms with Gasteiger partial charge in [-0.05, 0) is 31.2 Å². The normalized spacial score (nSPS) is 25.2. The molecule has 2 fully saturated rings. The van der Waals surface area contributed by atoms with Crippen molar-refractivity contribution in [2.75, 3.05) is 6.61 Å². The molecule has 2 unspecified atom stereocenters. The van der Waals surface area contributed by atoms with Crippen molar-refractivity contribution in [2.24, 2.45) is 0 Å². The molecule has 1 amide bonds. The van der Waals surface area contributed by atoms with E-state index in [9.17, 15) is 4.79 Å². The van der Waals surface area contributed by atoms with Crippen LogP contribution in [0.3, 0.4) is 0 Å². The van der Waals surface area contributed by atoms with E-state index in [2.05, 4.69) is 34.6 Å². The van der Waals surface area contributed by atoms with Crippen molar-refractivity contribution in [3.63, 3.8) is 0 Å². The van der Waals surface area contributed by atoms with Gasteiger partial charge in [0.1, 0.15) is 0 Å². The van der Waals surface area contributed by atoms with Gasteiger partial charge in [-0.15, -0.1) is 10.2 Å². The van der Waals surface area contributed by atoms with Gasteiger partial charge in [-0.1, -0.05) is 37.3 Å². The van der Waals surface area contributed by atoms with E-state index in [4.69, 9.17) is 9.15 Å². The fourth-order valence-corrected chi connectivity index (χ4v) is 3.04. The predicted octanol–water partition coefficient (Wildman–Crippen LogP) is 2.77. The first-order valence-electron chi connectivity index (χ1n) is 8.45. The minimum absolute atomic E-state index is 0.00821. The number of amides is 1. The fourth-order valence-electron chi connectivity index (χ4n) is 3.04. The van der Waals surface area contributed by atoms with E-state index in [-0.39, 0.29) is 29.4 Å². The molecule has 6 heteroatoms. The second kappa shape index (κ2) is 6.02. The molecule has 2 aromatic rings. The molecule has 0 radical (unpaired) electrons. The molecule has 2 atom stereocenters. The zero-order chi connectivity index (χ0) is 16.6. The summed E-state index contributed by atoms with van der Waals surface area (Å²) >= 11 is 0. The maximum atomic E-state index is 12.4. The van der Waals surface area contributed by atoms with Crippen LogP contribution in [0.15, 0.2) is 34.7 Å². The van der Waals surface area contributed by atoms with Gasteiger partial charge in [0.2, 0.25) is 5.89 Å². The van der Waals surface area contributed by atoms with Crippen LogP contribution in [0.4, 0.5) is 0 Å². The zero-order valence-corrected chi connectivity index (χ0v) is 13.7. The van der Waals surface area contributed by atoms with Gasteiger partial charge in [0.25, 0.3) is 0 Å². The van der Waals surface area contributed by atoms with E-state index in [0.29, 0.717) is 12.5 Å². The Morgan fingerprint density at radius 2 is 2.04 bits per heavy atom. The summed E-state index contributed by atoms with van der Waals surface area (Å²) in [6, 6.07) is 10.1. The maximum absolute atomic E-state index is 12.4. The van der Waals surface area contributed by atoms with Crippen LogP contribution < -0.4 is 5.32 Å². The lowest BCUT2D eigenvalue weighted by molar-refractivity contribution is 0.000650. The Morgan fingerprint density at radius 3 is 2.79 bits per heavy atom. The van der Waals surface area contributed by atoms with Crippen molar-refractivity contribution in [3.8, 4) is 0 Å². The first kappa shape index (κ1) is 15.3. The molecule has 1 N–H and O–H groups in total. The minimum atomic E-state index is -0.295. The summed E-state index contributed by atoms with van der Waals surface area (Å²) in [7, 11) is 0. The van der Waals surface area contributed by atoms with Gasteiger partial charge in [0.15, 0.2) is 0 Å². The predicted molar refractivity (Wildman–Crippen MR) is 86.5 cm³/mol. The Labute approximate surface area is 140 Å². The van der Waals surface area contributed by atoms with Crippen LogP contribution >= 0.6 is 0 Å². The number of carbonyl (C=O) groups is 1. The summed E-state index contributed by atoms with van der Waals surface area (Å²) < 4.78 is 11.4. The number of benzene rings is 1. The quantitative estimate of drug-likeness (QED) is 0.934. The van der Waals surface area contributed by atoms with Gasteiger partial charge >= 0.3 is 11.8 Å². The molecule has 1 saturated carbocycles. The molecule has 1 aromatic heterocycles. The van der Waals surface area contributed by atoms with E-state index < -0.39 is 0 Å². The number of nitrogens with one attached hydrogen (secondary N) is 1. The molecule has 1 aliphatic heterocycles. The van der Waals surface area contributed by atoms with Crippen molar-refractivity contribution in [1.29, 1.82) is 0 Å². The van der Waals surface area contributed by atoms with Gasteiger partial charge < -0.3 is 14.5 Å². The average molecular weight is 327 g/mol. The highest BCUT2D eigenvalue weighted by Crippen LogP contribution is 2.46. The summed E-state index contributed by atoms with van der Waals surface area (Å²) in [5, 5.41) is 10.9. The van der Waals surface area contributed by atoms with Crippen LogP contribution in [-0.4, -0.2) is 28.8 Å². The smallest absolute Gasteiger partial charge is 0.309 e. The van der Waals surface area contributed by atoms with Gasteiger partial charge in [-0.25, -0.2) is 0 Å². The molecule has 24 heavy (non-hydrogen) atoms. The number of hydrogen-bond acceptors (Lipinski definition) is 5. The van der Waals surface area contributed by atoms with Crippen LogP contribution in [0, 0.1) is 0 Å². The number of hydrogen-bond donors (Lipinski definition) is 1. The molecule has 0 spiro atoms. The number of aromatic nitrogens is 2. The largest absolute Gasteiger partial charge is 0.416 e. The number of nitrogens with zero attached hydrogens (tertiary/aromatic N) is 2. The summed E-state index contributed by atoms with van der Waals surface area (Å²) in [5.74, 6) is 0.333. The Balaban J connectivity index is 1.39. The molecular formula is C18H21N3O3. The maximum Gasteiger partial charge on any atom is 0.309 e. The molecule has 1 aliphatic carbocycles. The molecule has 2 aliphatic rings. The number of rotatable bonds is 4. The number of ether oxygens (including phenoxy) is 1. The average Bonchev–Trinajstić information content (AvgIpc) is 3.16. The van der Waals surface area contributed by atoms with Crippen LogP contribution in [0.2, 0.25) is 0 Å². The van der Waals surface area contributed by atoms with Crippen LogP contribution in [-0.2, 0) is 10.2 Å². The summed E-state index contributed by atoms with van der Waals surface area (Å²) in [4.78, 5) is 12.4. The van der Waals surface area contributed by atoms with Gasteiger partial charge in [-0.3, -0.25) is 4.79 Å². The summed E-state index contributed by atoms with van der Waals surface area (Å²) in [6.45, 7) is 2.70. The molecule has 126 valence electrons. The van der Waals surface area contributed by atoms with E-state index in [1.165, 1.54) is 0 Å². The zero-order valence-electron chi connectivity index (χ0n) is 13.7. The van der Waals surface area contributed by atoms with Crippen molar-refractivity contribution in [1.82, 2.24) is 15.5 Å². The topological polar surface area (TPSA) is 77.2 Å². The van der Waals surface area contributed by atoms with Crippen molar-refractivity contribution >= 4 is 5.91 Å². The first-order chi connectivity index (χ1) is 11.6. The summed E-state index contributed by atoms with van der Waals surface area (Å²) in [6.07, 6.45) is 3.61. The molecule has 1 aromatic carbocycles. The minimum Gasteiger partial charge on any atom is -0.416 e. The molecule has 0 bridgehead atoms. The standard InChI is InChI=1S/C18H21N3O3/c1-18(8-9-18)17-21-20-16(24-17)15(22)19-13-7-10-23-14(11-13)12-5-3-2-4-6-12/h2-6,13-14H,7-11H2,1H3,(H,19,22). The molecule has 4 rings (SSSR count). The Bertz CT molecular complexity index is 724. The van der Waals surface area contributed by atoms with E-state index in [1.807, 2.05) is 18.2 Å². The van der Waals surface area contributed by atoms with Gasteiger partial charge in [0, 0.05) is 18.1 Å². The monoisotopic (exact) mass is 327 g/mol. The lowest BCUT2D eigenvalue weighted by atomic mass is 9.97. The van der Waals surface area contributed by atoms with E-state index in [1.54, 1.807) is 0 Å². The van der Waals surface area contributed by atoms with Crippen LogP contribution in [0.25, 0.3) is 0 Å². The molecular weight excluding hydrogens is 306 g/mol. The second-order valence-corrected chi connectivity index (χ2v) is 6.94. The first-order valence-corrected chi connectivity index (χ1v) is 8.45. The molecule has 2 heterocycles. The number of carbonyl (C=O) groups excluding carboxylic acids is 1. The highest BCUT2D eigenvalue weighted by atomic mass is 16.5. The summed E-state index contributed by atoms with van der Waals surface area (Å²) in [5.41, 5.74) is 1.11. The van der Waals surface area contributed by atoms with Crippen molar-refractivity contribution in [2.45, 2.75) is 50.2 Å². The lowest BCUT2D eigenvalue weighted by Crippen LogP contribution is -2.40. The van der Waals surface area contributed by atoms with Crippen LogP contribution in [0.1, 0.15) is 60.9 Å². The highest BCUT2D eigenvalue weighted by Gasteiger charge is 2.44. The third kappa shape index (κ3) is 3.06. The second-order valence-electron chi connectivity index (χ2n) is 6.94. The third-order valence-corrected chi connectivity index (χ3v) is 4.93. The van der Waals surface area contributed by atoms with Crippen molar-refractivity contribution in [3.05, 3.63) is 47.7 Å². The van der Waals surface area contributed by atoms with Crippen molar-refractivity contribution < 1.29 is 13.9 Å². The van der Waals surface area contributed by atoms with Gasteiger partial charge in [-0.2, -0.15) is 0 Å². The lowest BCUT2D eigenvalue weighted by Gasteiger charge is -2.30. The highest BCUT2D eigenvalue weighted by molar-refractivity contribution is 5.89. The SMILES string of the molecule is CC1(c2nnc(C(=O)NC3CCOC(c4ccccc4)C3)o2)CC1. The Kier molecular flexibility index (Phi) is 3.84. The molecule has 6 nitrogen and oxygen atoms in total. The van der Waals surface area contributed by atoms with E-state index in [0.717, 1.165) is 31.2 Å². The van der Waals surface area contributed by atoms with Crippen LogP contribution in [0.5, 0.6) is 0 Å². The Hall–Kier alpha value is -2.21. The van der Waals surface area contributed by atoms with Gasteiger partial charge in [0.05, 0.1) is 6.10 Å². The fraction of sp³-hybridized carbons (Fsp3) is 0.500.